The number of aliphatic carboxylic acids is 1. The summed E-state index contributed by atoms with van der Waals surface area (Å²) >= 11 is 0. The summed E-state index contributed by atoms with van der Waals surface area (Å²) in [5.41, 5.74) is 0. The summed E-state index contributed by atoms with van der Waals surface area (Å²) in [7, 11) is 0. The van der Waals surface area contributed by atoms with Crippen LogP contribution in [0.4, 0.5) is 0 Å². The van der Waals surface area contributed by atoms with E-state index in [-0.39, 0.29) is 32.3 Å². The van der Waals surface area contributed by atoms with E-state index in [1.165, 1.54) is 0 Å². The highest BCUT2D eigenvalue weighted by molar-refractivity contribution is 5.66. The lowest BCUT2D eigenvalue weighted by Crippen LogP contribution is -2.24. The minimum Gasteiger partial charge on any atom is -0.481 e. The molecule has 0 aromatic rings. The molecule has 90 valence electrons. The van der Waals surface area contributed by atoms with Crippen molar-refractivity contribution < 1.29 is 24.5 Å². The van der Waals surface area contributed by atoms with Crippen molar-refractivity contribution in [1.29, 1.82) is 0 Å². The van der Waals surface area contributed by atoms with Crippen LogP contribution in [0, 0.1) is 0 Å². The Morgan fingerprint density at radius 1 is 1.40 bits per heavy atom. The Balaban J connectivity index is 3.33. The van der Waals surface area contributed by atoms with Gasteiger partial charge in [0.25, 0.3) is 0 Å². The highest BCUT2D eigenvalue weighted by atomic mass is 16.5. The number of ether oxygens (including phenoxy) is 2. The third kappa shape index (κ3) is 9.65. The molecule has 2 unspecified atom stereocenters. The maximum atomic E-state index is 10.1. The van der Waals surface area contributed by atoms with E-state index in [9.17, 15) is 9.90 Å². The van der Waals surface area contributed by atoms with E-state index in [2.05, 4.69) is 0 Å². The average molecular weight is 220 g/mol. The lowest BCUT2D eigenvalue weighted by atomic mass is 10.3. The molecule has 5 heteroatoms. The maximum absolute atomic E-state index is 10.1. The predicted molar refractivity (Wildman–Crippen MR) is 54.8 cm³/mol. The molecule has 0 aromatic carbocycles. The average Bonchev–Trinajstić information content (AvgIpc) is 2.20. The van der Waals surface area contributed by atoms with E-state index in [1.807, 2.05) is 13.8 Å². The summed E-state index contributed by atoms with van der Waals surface area (Å²) in [6.45, 7) is 4.39. The SMILES string of the molecule is CCC(C)OCC(O)COCCC(=O)O. The Bertz CT molecular complexity index is 171. The topological polar surface area (TPSA) is 76.0 Å². The molecule has 0 aromatic heterocycles. The Hall–Kier alpha value is -0.650. The molecule has 2 N–H and O–H groups in total. The van der Waals surface area contributed by atoms with E-state index < -0.39 is 12.1 Å². The van der Waals surface area contributed by atoms with Gasteiger partial charge in [0.2, 0.25) is 0 Å². The van der Waals surface area contributed by atoms with Crippen LogP contribution < -0.4 is 0 Å². The highest BCUT2D eigenvalue weighted by Gasteiger charge is 2.07. The van der Waals surface area contributed by atoms with Crippen LogP contribution in [-0.2, 0) is 14.3 Å². The van der Waals surface area contributed by atoms with Gasteiger partial charge in [-0.05, 0) is 13.3 Å². The lowest BCUT2D eigenvalue weighted by molar-refractivity contribution is -0.138. The fourth-order valence-corrected chi connectivity index (χ4v) is 0.820. The summed E-state index contributed by atoms with van der Waals surface area (Å²) in [5.74, 6) is -0.902. The Morgan fingerprint density at radius 3 is 2.60 bits per heavy atom. The number of carbonyl (C=O) groups is 1. The molecule has 15 heavy (non-hydrogen) atoms. The van der Waals surface area contributed by atoms with Crippen LogP contribution in [0.1, 0.15) is 26.7 Å². The van der Waals surface area contributed by atoms with Gasteiger partial charge in [-0.25, -0.2) is 0 Å². The molecule has 5 nitrogen and oxygen atoms in total. The first-order valence-electron chi connectivity index (χ1n) is 5.15. The van der Waals surface area contributed by atoms with Crippen LogP contribution in [0.15, 0.2) is 0 Å². The minimum atomic E-state index is -0.902. The van der Waals surface area contributed by atoms with Crippen molar-refractivity contribution in [2.75, 3.05) is 19.8 Å². The Labute approximate surface area is 90.0 Å². The van der Waals surface area contributed by atoms with Crippen molar-refractivity contribution in [3.05, 3.63) is 0 Å². The van der Waals surface area contributed by atoms with E-state index >= 15 is 0 Å². The van der Waals surface area contributed by atoms with Crippen molar-refractivity contribution in [2.45, 2.75) is 38.9 Å². The monoisotopic (exact) mass is 220 g/mol. The number of aliphatic hydroxyl groups is 1. The first-order valence-corrected chi connectivity index (χ1v) is 5.15. The molecule has 0 bridgehead atoms. The van der Waals surface area contributed by atoms with Crippen LogP contribution in [-0.4, -0.2) is 48.2 Å². The molecular weight excluding hydrogens is 200 g/mol. The van der Waals surface area contributed by atoms with Gasteiger partial charge in [0.15, 0.2) is 0 Å². The van der Waals surface area contributed by atoms with Crippen LogP contribution >= 0.6 is 0 Å². The van der Waals surface area contributed by atoms with E-state index in [4.69, 9.17) is 14.6 Å². The van der Waals surface area contributed by atoms with Gasteiger partial charge in [0, 0.05) is 0 Å². The molecule has 0 rings (SSSR count). The second kappa shape index (κ2) is 8.64. The van der Waals surface area contributed by atoms with Crippen LogP contribution in [0.5, 0.6) is 0 Å². The zero-order chi connectivity index (χ0) is 11.7. The van der Waals surface area contributed by atoms with Crippen molar-refractivity contribution in [2.24, 2.45) is 0 Å². The van der Waals surface area contributed by atoms with Gasteiger partial charge in [-0.15, -0.1) is 0 Å². The van der Waals surface area contributed by atoms with Crippen molar-refractivity contribution in [3.8, 4) is 0 Å². The Kier molecular flexibility index (Phi) is 8.27. The minimum absolute atomic E-state index is 0.0427. The molecule has 0 heterocycles. The molecule has 0 fully saturated rings. The lowest BCUT2D eigenvalue weighted by Gasteiger charge is -2.14. The van der Waals surface area contributed by atoms with Crippen molar-refractivity contribution in [3.63, 3.8) is 0 Å². The summed E-state index contributed by atoms with van der Waals surface area (Å²) in [6, 6.07) is 0. The molecule has 0 saturated carbocycles. The fourth-order valence-electron chi connectivity index (χ4n) is 0.820. The molecule has 0 aliphatic heterocycles. The number of carboxylic acid groups (broad SMARTS) is 1. The van der Waals surface area contributed by atoms with Crippen LogP contribution in [0.2, 0.25) is 0 Å². The van der Waals surface area contributed by atoms with Gasteiger partial charge < -0.3 is 19.7 Å². The summed E-state index contributed by atoms with van der Waals surface area (Å²) < 4.78 is 10.2. The number of rotatable bonds is 9. The second-order valence-corrected chi connectivity index (χ2v) is 3.42. The predicted octanol–water partition coefficient (Wildman–Crippen LogP) is 0.654. The largest absolute Gasteiger partial charge is 0.481 e. The van der Waals surface area contributed by atoms with Crippen molar-refractivity contribution in [1.82, 2.24) is 0 Å². The summed E-state index contributed by atoms with van der Waals surface area (Å²) in [4.78, 5) is 10.1. The third-order valence-electron chi connectivity index (χ3n) is 1.92. The van der Waals surface area contributed by atoms with E-state index in [0.29, 0.717) is 0 Å². The molecule has 0 amide bonds. The zero-order valence-electron chi connectivity index (χ0n) is 9.31. The number of carboxylic acids is 1. The quantitative estimate of drug-likeness (QED) is 0.558. The first-order chi connectivity index (χ1) is 7.06. The molecule has 0 aliphatic rings. The van der Waals surface area contributed by atoms with Gasteiger partial charge in [-0.1, -0.05) is 6.92 Å². The van der Waals surface area contributed by atoms with Gasteiger partial charge in [0.05, 0.1) is 32.3 Å². The van der Waals surface area contributed by atoms with E-state index in [0.717, 1.165) is 6.42 Å². The molecular formula is C10H20O5. The standard InChI is InChI=1S/C10H20O5/c1-3-8(2)15-7-9(11)6-14-5-4-10(12)13/h8-9,11H,3-7H2,1-2H3,(H,12,13). The van der Waals surface area contributed by atoms with Gasteiger partial charge in [0.1, 0.15) is 6.10 Å². The number of hydrogen-bond donors (Lipinski definition) is 2. The molecule has 0 aliphatic carbocycles. The summed E-state index contributed by atoms with van der Waals surface area (Å²) in [5, 5.41) is 17.7. The van der Waals surface area contributed by atoms with E-state index in [1.54, 1.807) is 0 Å². The second-order valence-electron chi connectivity index (χ2n) is 3.42. The first kappa shape index (κ1) is 14.3. The number of hydrogen-bond acceptors (Lipinski definition) is 4. The van der Waals surface area contributed by atoms with Crippen LogP contribution in [0.25, 0.3) is 0 Å². The normalized spacial score (nSPS) is 14.9. The molecule has 0 saturated heterocycles. The molecule has 2 atom stereocenters. The molecule has 0 radical (unpaired) electrons. The van der Waals surface area contributed by atoms with Gasteiger partial charge >= 0.3 is 5.97 Å². The van der Waals surface area contributed by atoms with Gasteiger partial charge in [-0.2, -0.15) is 0 Å². The maximum Gasteiger partial charge on any atom is 0.305 e. The van der Waals surface area contributed by atoms with Crippen LogP contribution in [0.3, 0.4) is 0 Å². The summed E-state index contributed by atoms with van der Waals surface area (Å²) in [6.07, 6.45) is 0.289. The number of aliphatic hydroxyl groups excluding tert-OH is 1. The van der Waals surface area contributed by atoms with Gasteiger partial charge in [-0.3, -0.25) is 4.79 Å². The third-order valence-corrected chi connectivity index (χ3v) is 1.92. The van der Waals surface area contributed by atoms with Crippen molar-refractivity contribution >= 4 is 5.97 Å². The molecule has 0 spiro atoms. The highest BCUT2D eigenvalue weighted by Crippen LogP contribution is 1.98. The zero-order valence-corrected chi connectivity index (χ0v) is 9.31. The Morgan fingerprint density at radius 2 is 2.07 bits per heavy atom. The fraction of sp³-hybridized carbons (Fsp3) is 0.900. The smallest absolute Gasteiger partial charge is 0.305 e.